The van der Waals surface area contributed by atoms with Crippen LogP contribution in [0, 0.1) is 6.92 Å². The number of thiophene rings is 1. The molecule has 0 atom stereocenters. The molecule has 0 bridgehead atoms. The number of aromatic nitrogens is 1. The van der Waals surface area contributed by atoms with Gasteiger partial charge in [0.2, 0.25) is 0 Å². The van der Waals surface area contributed by atoms with Crippen molar-refractivity contribution in [3.63, 3.8) is 0 Å². The molecule has 1 N–H and O–H groups in total. The van der Waals surface area contributed by atoms with E-state index in [0.29, 0.717) is 15.9 Å². The maximum Gasteiger partial charge on any atom is 0.145 e. The van der Waals surface area contributed by atoms with Crippen LogP contribution in [-0.2, 0) is 0 Å². The van der Waals surface area contributed by atoms with E-state index in [0.717, 1.165) is 24.2 Å². The van der Waals surface area contributed by atoms with Crippen molar-refractivity contribution in [1.82, 2.24) is 4.98 Å². The van der Waals surface area contributed by atoms with E-state index in [1.807, 2.05) is 11.4 Å². The van der Waals surface area contributed by atoms with E-state index in [9.17, 15) is 0 Å². The number of anilines is 1. The summed E-state index contributed by atoms with van der Waals surface area (Å²) in [6.07, 6.45) is 1.02. The Morgan fingerprint density at radius 3 is 2.72 bits per heavy atom. The summed E-state index contributed by atoms with van der Waals surface area (Å²) < 4.78 is 0. The first kappa shape index (κ1) is 13.7. The molecular formula is C13H14Cl2N2S. The predicted molar refractivity (Wildman–Crippen MR) is 81.1 cm³/mol. The minimum Gasteiger partial charge on any atom is -0.369 e. The summed E-state index contributed by atoms with van der Waals surface area (Å²) in [7, 11) is 0. The number of aryl methyl sites for hydroxylation is 1. The molecule has 0 aliphatic heterocycles. The van der Waals surface area contributed by atoms with Gasteiger partial charge in [-0.25, -0.2) is 4.98 Å². The van der Waals surface area contributed by atoms with E-state index < -0.39 is 0 Å². The van der Waals surface area contributed by atoms with Crippen LogP contribution in [0.1, 0.15) is 18.2 Å². The summed E-state index contributed by atoms with van der Waals surface area (Å²) >= 11 is 14.0. The molecule has 0 fully saturated rings. The lowest BCUT2D eigenvalue weighted by Crippen LogP contribution is -2.03. The van der Waals surface area contributed by atoms with Crippen molar-refractivity contribution in [2.45, 2.75) is 20.3 Å². The summed E-state index contributed by atoms with van der Waals surface area (Å²) in [5, 5.41) is 6.40. The highest BCUT2D eigenvalue weighted by molar-refractivity contribution is 7.10. The first-order valence-corrected chi connectivity index (χ1v) is 7.41. The number of pyridine rings is 1. The topological polar surface area (TPSA) is 24.9 Å². The maximum atomic E-state index is 6.23. The van der Waals surface area contributed by atoms with Gasteiger partial charge in [0.15, 0.2) is 0 Å². The highest BCUT2D eigenvalue weighted by atomic mass is 35.5. The summed E-state index contributed by atoms with van der Waals surface area (Å²) in [6.45, 7) is 5.00. The van der Waals surface area contributed by atoms with Crippen LogP contribution in [0.25, 0.3) is 11.3 Å². The van der Waals surface area contributed by atoms with Crippen molar-refractivity contribution >= 4 is 40.4 Å². The fourth-order valence-corrected chi connectivity index (χ4v) is 2.88. The van der Waals surface area contributed by atoms with E-state index in [4.69, 9.17) is 23.2 Å². The highest BCUT2D eigenvalue weighted by Gasteiger charge is 2.13. The number of rotatable bonds is 4. The van der Waals surface area contributed by atoms with Gasteiger partial charge in [-0.2, -0.15) is 0 Å². The summed E-state index contributed by atoms with van der Waals surface area (Å²) in [5.41, 5.74) is 1.86. The van der Waals surface area contributed by atoms with Gasteiger partial charge in [0.1, 0.15) is 5.82 Å². The predicted octanol–water partition coefficient (Wildman–Crippen LogP) is 5.25. The Morgan fingerprint density at radius 2 is 2.11 bits per heavy atom. The van der Waals surface area contributed by atoms with Gasteiger partial charge in [-0.3, -0.25) is 0 Å². The zero-order valence-electron chi connectivity index (χ0n) is 10.3. The van der Waals surface area contributed by atoms with Crippen LogP contribution in [0.15, 0.2) is 17.5 Å². The molecule has 18 heavy (non-hydrogen) atoms. The fourth-order valence-electron chi connectivity index (χ4n) is 1.65. The number of halogens is 2. The van der Waals surface area contributed by atoms with Crippen LogP contribution in [0.5, 0.6) is 0 Å². The zero-order valence-corrected chi connectivity index (χ0v) is 12.6. The van der Waals surface area contributed by atoms with Crippen molar-refractivity contribution in [1.29, 1.82) is 0 Å². The second-order valence-corrected chi connectivity index (χ2v) is 5.90. The lowest BCUT2D eigenvalue weighted by atomic mass is 10.2. The van der Waals surface area contributed by atoms with Crippen LogP contribution in [0.3, 0.4) is 0 Å². The molecule has 2 aromatic rings. The van der Waals surface area contributed by atoms with Crippen molar-refractivity contribution in [3.8, 4) is 11.3 Å². The van der Waals surface area contributed by atoms with Gasteiger partial charge in [-0.05, 0) is 30.9 Å². The SMILES string of the molecule is CCCNc1nc(-c2ccsc2C)c(Cl)cc1Cl. The second-order valence-electron chi connectivity index (χ2n) is 3.97. The molecule has 0 unspecified atom stereocenters. The molecule has 0 aliphatic rings. The molecule has 2 nitrogen and oxygen atoms in total. The highest BCUT2D eigenvalue weighted by Crippen LogP contribution is 2.35. The fraction of sp³-hybridized carbons (Fsp3) is 0.308. The lowest BCUT2D eigenvalue weighted by molar-refractivity contribution is 0.970. The molecule has 0 amide bonds. The van der Waals surface area contributed by atoms with Gasteiger partial charge in [0.05, 0.1) is 15.7 Å². The minimum atomic E-state index is 0.560. The molecule has 0 spiro atoms. The number of hydrogen-bond donors (Lipinski definition) is 1. The van der Waals surface area contributed by atoms with E-state index in [1.165, 1.54) is 4.88 Å². The summed E-state index contributed by atoms with van der Waals surface area (Å²) in [5.74, 6) is 0.698. The Morgan fingerprint density at radius 1 is 1.33 bits per heavy atom. The number of hydrogen-bond acceptors (Lipinski definition) is 3. The van der Waals surface area contributed by atoms with E-state index >= 15 is 0 Å². The first-order chi connectivity index (χ1) is 8.63. The quantitative estimate of drug-likeness (QED) is 0.834. The van der Waals surface area contributed by atoms with Gasteiger partial charge in [-0.1, -0.05) is 30.1 Å². The van der Waals surface area contributed by atoms with Crippen LogP contribution in [-0.4, -0.2) is 11.5 Å². The van der Waals surface area contributed by atoms with Gasteiger partial charge in [0.25, 0.3) is 0 Å². The van der Waals surface area contributed by atoms with Crippen LogP contribution in [0.2, 0.25) is 10.0 Å². The molecule has 2 rings (SSSR count). The van der Waals surface area contributed by atoms with E-state index in [2.05, 4.69) is 24.1 Å². The Bertz CT molecular complexity index is 552. The molecule has 0 saturated carbocycles. The first-order valence-electron chi connectivity index (χ1n) is 5.78. The Kier molecular flexibility index (Phi) is 4.49. The molecule has 0 aliphatic carbocycles. The van der Waals surface area contributed by atoms with E-state index in [1.54, 1.807) is 17.4 Å². The standard InChI is InChI=1S/C13H14Cl2N2S/c1-3-5-16-13-11(15)7-10(14)12(17-13)9-4-6-18-8(9)2/h4,6-7H,3,5H2,1-2H3,(H,16,17). The summed E-state index contributed by atoms with van der Waals surface area (Å²) in [4.78, 5) is 5.75. The Labute approximate surface area is 121 Å². The lowest BCUT2D eigenvalue weighted by Gasteiger charge is -2.10. The van der Waals surface area contributed by atoms with Gasteiger partial charge in [0, 0.05) is 17.0 Å². The molecule has 2 heterocycles. The Balaban J connectivity index is 2.45. The molecule has 2 aromatic heterocycles. The van der Waals surface area contributed by atoms with Crippen molar-refractivity contribution in [2.75, 3.05) is 11.9 Å². The van der Waals surface area contributed by atoms with Crippen LogP contribution in [0.4, 0.5) is 5.82 Å². The largest absolute Gasteiger partial charge is 0.369 e. The van der Waals surface area contributed by atoms with Gasteiger partial charge in [-0.15, -0.1) is 11.3 Å². The second kappa shape index (κ2) is 5.91. The van der Waals surface area contributed by atoms with Gasteiger partial charge < -0.3 is 5.32 Å². The van der Waals surface area contributed by atoms with E-state index in [-0.39, 0.29) is 0 Å². The van der Waals surface area contributed by atoms with Gasteiger partial charge >= 0.3 is 0 Å². The van der Waals surface area contributed by atoms with Crippen LogP contribution < -0.4 is 5.32 Å². The molecular weight excluding hydrogens is 287 g/mol. The average Bonchev–Trinajstić information content (AvgIpc) is 2.74. The van der Waals surface area contributed by atoms with Crippen molar-refractivity contribution in [2.24, 2.45) is 0 Å². The third-order valence-electron chi connectivity index (χ3n) is 2.59. The molecule has 96 valence electrons. The normalized spacial score (nSPS) is 10.7. The molecule has 0 saturated heterocycles. The Hall–Kier alpha value is -0.770. The molecule has 5 heteroatoms. The van der Waals surface area contributed by atoms with Crippen molar-refractivity contribution < 1.29 is 0 Å². The number of nitrogens with one attached hydrogen (secondary N) is 1. The third-order valence-corrected chi connectivity index (χ3v) is 4.01. The van der Waals surface area contributed by atoms with Crippen LogP contribution >= 0.6 is 34.5 Å². The monoisotopic (exact) mass is 300 g/mol. The summed E-state index contributed by atoms with van der Waals surface area (Å²) in [6, 6.07) is 3.78. The molecule has 0 radical (unpaired) electrons. The maximum absolute atomic E-state index is 6.23. The van der Waals surface area contributed by atoms with Crippen molar-refractivity contribution in [3.05, 3.63) is 32.4 Å². The average molecular weight is 301 g/mol. The number of nitrogens with zero attached hydrogens (tertiary/aromatic N) is 1. The smallest absolute Gasteiger partial charge is 0.145 e. The third kappa shape index (κ3) is 2.79. The zero-order chi connectivity index (χ0) is 13.1. The molecule has 0 aromatic carbocycles. The minimum absolute atomic E-state index is 0.560.